The molecule has 0 aliphatic carbocycles. The van der Waals surface area contributed by atoms with Gasteiger partial charge in [0.25, 0.3) is 0 Å². The van der Waals surface area contributed by atoms with Crippen LogP contribution in [0.15, 0.2) is 60.7 Å². The number of benzene rings is 2. The summed E-state index contributed by atoms with van der Waals surface area (Å²) >= 11 is 5.90. The largest absolute Gasteiger partial charge is 0.480 e. The van der Waals surface area contributed by atoms with Gasteiger partial charge in [-0.3, -0.25) is 4.79 Å². The van der Waals surface area contributed by atoms with E-state index in [1.807, 2.05) is 60.7 Å². The van der Waals surface area contributed by atoms with Crippen molar-refractivity contribution >= 4 is 30.4 Å². The van der Waals surface area contributed by atoms with E-state index >= 15 is 0 Å². The molecule has 2 aromatic rings. The lowest BCUT2D eigenvalue weighted by Crippen LogP contribution is -2.35. The third-order valence-electron chi connectivity index (χ3n) is 2.91. The van der Waals surface area contributed by atoms with E-state index in [2.05, 4.69) is 12.6 Å². The van der Waals surface area contributed by atoms with Crippen LogP contribution in [0.1, 0.15) is 5.56 Å². The highest BCUT2D eigenvalue weighted by molar-refractivity contribution is 8.10. The number of nitrogens with two attached hydrogens (primary N) is 1. The number of carboxylic acid groups (broad SMARTS) is 1. The molecule has 6 heteroatoms. The van der Waals surface area contributed by atoms with Gasteiger partial charge in [-0.05, 0) is 12.1 Å². The highest BCUT2D eigenvalue weighted by Gasteiger charge is 2.32. The standard InChI is InChI=1S/C16H17NO3S2/c17-14(15(18)19)11-22-16(21,12-7-3-1-4-8-12)20-13-9-5-2-6-10-13/h1-10,14,21H,11,17H2,(H,18,19). The fraction of sp³-hybridized carbons (Fsp3) is 0.188. The van der Waals surface area contributed by atoms with Gasteiger partial charge in [0.2, 0.25) is 4.27 Å². The molecule has 2 aromatic carbocycles. The van der Waals surface area contributed by atoms with Gasteiger partial charge < -0.3 is 15.6 Å². The fourth-order valence-electron chi connectivity index (χ4n) is 1.74. The summed E-state index contributed by atoms with van der Waals surface area (Å²) in [6, 6.07) is 17.7. The molecule has 0 spiro atoms. The van der Waals surface area contributed by atoms with Crippen molar-refractivity contribution in [3.8, 4) is 5.75 Å². The topological polar surface area (TPSA) is 72.5 Å². The van der Waals surface area contributed by atoms with Gasteiger partial charge in [-0.2, -0.15) is 0 Å². The zero-order valence-corrected chi connectivity index (χ0v) is 13.5. The van der Waals surface area contributed by atoms with E-state index in [1.165, 1.54) is 11.8 Å². The third-order valence-corrected chi connectivity index (χ3v) is 4.89. The van der Waals surface area contributed by atoms with Gasteiger partial charge in [-0.15, -0.1) is 12.6 Å². The van der Waals surface area contributed by atoms with Crippen molar-refractivity contribution in [1.29, 1.82) is 0 Å². The SMILES string of the molecule is NC(CSC(S)(Oc1ccccc1)c1ccccc1)C(=O)O. The molecule has 22 heavy (non-hydrogen) atoms. The van der Waals surface area contributed by atoms with Crippen LogP contribution in [0.4, 0.5) is 0 Å². The van der Waals surface area contributed by atoms with Gasteiger partial charge in [0.1, 0.15) is 11.8 Å². The number of carbonyl (C=O) groups is 1. The first-order valence-corrected chi connectivity index (χ1v) is 8.09. The maximum absolute atomic E-state index is 10.9. The van der Waals surface area contributed by atoms with Crippen LogP contribution in [-0.4, -0.2) is 22.9 Å². The van der Waals surface area contributed by atoms with Gasteiger partial charge in [0, 0.05) is 11.3 Å². The number of thioether (sulfide) groups is 1. The van der Waals surface area contributed by atoms with Crippen LogP contribution in [0.3, 0.4) is 0 Å². The first-order valence-electron chi connectivity index (χ1n) is 6.65. The smallest absolute Gasteiger partial charge is 0.321 e. The minimum Gasteiger partial charge on any atom is -0.480 e. The molecule has 0 fully saturated rings. The molecule has 116 valence electrons. The first kappa shape index (κ1) is 16.7. The Morgan fingerprint density at radius 3 is 2.27 bits per heavy atom. The molecule has 0 radical (unpaired) electrons. The Kier molecular flexibility index (Phi) is 5.76. The number of rotatable bonds is 7. The highest BCUT2D eigenvalue weighted by Crippen LogP contribution is 2.42. The lowest BCUT2D eigenvalue weighted by Gasteiger charge is -2.30. The molecule has 0 bridgehead atoms. The van der Waals surface area contributed by atoms with E-state index in [1.54, 1.807) is 0 Å². The van der Waals surface area contributed by atoms with Crippen molar-refractivity contribution in [2.45, 2.75) is 10.3 Å². The van der Waals surface area contributed by atoms with Gasteiger partial charge in [-0.1, -0.05) is 60.3 Å². The summed E-state index contributed by atoms with van der Waals surface area (Å²) in [4.78, 5) is 10.9. The summed E-state index contributed by atoms with van der Waals surface area (Å²) in [6.45, 7) is 0. The monoisotopic (exact) mass is 335 g/mol. The molecule has 0 aliphatic rings. The summed E-state index contributed by atoms with van der Waals surface area (Å²) in [5.74, 6) is -0.214. The first-order chi connectivity index (χ1) is 10.5. The Hall–Kier alpha value is -1.63. The van der Waals surface area contributed by atoms with Gasteiger partial charge in [-0.25, -0.2) is 0 Å². The Morgan fingerprint density at radius 1 is 1.18 bits per heavy atom. The summed E-state index contributed by atoms with van der Waals surface area (Å²) in [5.41, 5.74) is 6.41. The number of aliphatic carboxylic acids is 1. The number of para-hydroxylation sites is 1. The lowest BCUT2D eigenvalue weighted by molar-refractivity contribution is -0.137. The Balaban J connectivity index is 2.22. The maximum atomic E-state index is 10.9. The minimum atomic E-state index is -1.05. The lowest BCUT2D eigenvalue weighted by atomic mass is 10.2. The van der Waals surface area contributed by atoms with Crippen LogP contribution in [0, 0.1) is 0 Å². The summed E-state index contributed by atoms with van der Waals surface area (Å²) < 4.78 is 4.98. The molecule has 0 saturated carbocycles. The average Bonchev–Trinajstić information content (AvgIpc) is 2.54. The Bertz CT molecular complexity index is 609. The predicted octanol–water partition coefficient (Wildman–Crippen LogP) is 2.95. The zero-order valence-electron chi connectivity index (χ0n) is 11.8. The Labute approximate surface area is 139 Å². The van der Waals surface area contributed by atoms with Crippen molar-refractivity contribution in [2.75, 3.05) is 5.75 Å². The molecule has 2 atom stereocenters. The number of carboxylic acids is 1. The third kappa shape index (κ3) is 4.43. The number of hydrogen-bond acceptors (Lipinski definition) is 5. The van der Waals surface area contributed by atoms with Gasteiger partial charge in [0.05, 0.1) is 0 Å². The van der Waals surface area contributed by atoms with Crippen molar-refractivity contribution in [1.82, 2.24) is 0 Å². The predicted molar refractivity (Wildman–Crippen MR) is 92.2 cm³/mol. The van der Waals surface area contributed by atoms with Crippen LogP contribution in [0.5, 0.6) is 5.75 Å². The van der Waals surface area contributed by atoms with Crippen molar-refractivity contribution < 1.29 is 14.6 Å². The second-order valence-corrected chi connectivity index (χ2v) is 6.75. The summed E-state index contributed by atoms with van der Waals surface area (Å²) in [7, 11) is 0. The van der Waals surface area contributed by atoms with Crippen LogP contribution in [-0.2, 0) is 9.06 Å². The number of hydrogen-bond donors (Lipinski definition) is 3. The second-order valence-electron chi connectivity index (χ2n) is 4.62. The van der Waals surface area contributed by atoms with Crippen LogP contribution in [0.25, 0.3) is 0 Å². The van der Waals surface area contributed by atoms with E-state index in [9.17, 15) is 4.79 Å². The molecule has 0 aromatic heterocycles. The maximum Gasteiger partial charge on any atom is 0.321 e. The molecular weight excluding hydrogens is 318 g/mol. The minimum absolute atomic E-state index is 0.181. The van der Waals surface area contributed by atoms with E-state index < -0.39 is 16.3 Å². The van der Waals surface area contributed by atoms with Gasteiger partial charge >= 0.3 is 5.97 Å². The molecule has 4 nitrogen and oxygen atoms in total. The number of thiol groups is 1. The van der Waals surface area contributed by atoms with Crippen molar-refractivity contribution in [3.63, 3.8) is 0 Å². The summed E-state index contributed by atoms with van der Waals surface area (Å²) in [5, 5.41) is 8.94. The molecule has 3 N–H and O–H groups in total. The fourth-order valence-corrected chi connectivity index (χ4v) is 3.23. The van der Waals surface area contributed by atoms with E-state index in [-0.39, 0.29) is 5.75 Å². The zero-order chi connectivity index (χ0) is 16.0. The molecule has 0 amide bonds. The van der Waals surface area contributed by atoms with Crippen molar-refractivity contribution in [2.24, 2.45) is 5.73 Å². The quantitative estimate of drug-likeness (QED) is 0.536. The molecule has 2 rings (SSSR count). The molecule has 2 unspecified atom stereocenters. The van der Waals surface area contributed by atoms with Gasteiger partial charge in [0.15, 0.2) is 0 Å². The summed E-state index contributed by atoms with van der Waals surface area (Å²) in [6.07, 6.45) is 0. The Morgan fingerprint density at radius 2 is 1.73 bits per heavy atom. The van der Waals surface area contributed by atoms with Crippen LogP contribution in [0.2, 0.25) is 0 Å². The van der Waals surface area contributed by atoms with Crippen LogP contribution >= 0.6 is 24.4 Å². The molecule has 0 aliphatic heterocycles. The number of ether oxygens (including phenoxy) is 1. The van der Waals surface area contributed by atoms with E-state index in [0.717, 1.165) is 5.56 Å². The second kappa shape index (κ2) is 7.58. The highest BCUT2D eigenvalue weighted by atomic mass is 32.2. The van der Waals surface area contributed by atoms with E-state index in [0.29, 0.717) is 5.75 Å². The average molecular weight is 335 g/mol. The molecular formula is C16H17NO3S2. The van der Waals surface area contributed by atoms with Crippen LogP contribution < -0.4 is 10.5 Å². The molecule has 0 saturated heterocycles. The van der Waals surface area contributed by atoms with Crippen molar-refractivity contribution in [3.05, 3.63) is 66.2 Å². The molecule has 0 heterocycles. The van der Waals surface area contributed by atoms with E-state index in [4.69, 9.17) is 15.6 Å². The normalized spacial score (nSPS) is 14.8.